The second kappa shape index (κ2) is 10.7. The molecule has 0 saturated carbocycles. The van der Waals surface area contributed by atoms with Gasteiger partial charge in [0.25, 0.3) is 0 Å². The summed E-state index contributed by atoms with van der Waals surface area (Å²) in [5.41, 5.74) is 5.96. The van der Waals surface area contributed by atoms with E-state index in [0.29, 0.717) is 6.04 Å². The molecule has 1 aliphatic rings. The summed E-state index contributed by atoms with van der Waals surface area (Å²) in [4.78, 5) is 16.5. The van der Waals surface area contributed by atoms with Crippen LogP contribution in [0.15, 0.2) is 0 Å². The quantitative estimate of drug-likeness (QED) is 0.745. The molecule has 1 rings (SSSR count). The molecule has 1 aliphatic heterocycles. The molecule has 0 spiro atoms. The lowest BCUT2D eigenvalue weighted by atomic mass is 10.1. The fourth-order valence-electron chi connectivity index (χ4n) is 2.34. The molecule has 1 saturated heterocycles. The molecule has 1 unspecified atom stereocenters. The van der Waals surface area contributed by atoms with Gasteiger partial charge in [-0.2, -0.15) is 11.8 Å². The summed E-state index contributed by atoms with van der Waals surface area (Å²) in [6.07, 6.45) is 2.80. The van der Waals surface area contributed by atoms with E-state index in [1.165, 1.54) is 0 Å². The van der Waals surface area contributed by atoms with E-state index in [1.54, 1.807) is 18.9 Å². The zero-order valence-electron chi connectivity index (χ0n) is 12.7. The van der Waals surface area contributed by atoms with Crippen LogP contribution in [0.2, 0.25) is 0 Å². The van der Waals surface area contributed by atoms with Gasteiger partial charge in [0.1, 0.15) is 0 Å². The first kappa shape index (κ1) is 20.0. The molecule has 0 aliphatic carbocycles. The number of carbonyl (C=O) groups excluding carboxylic acids is 1. The summed E-state index contributed by atoms with van der Waals surface area (Å²) in [5.74, 6) is 1.04. The minimum atomic E-state index is -0.342. The van der Waals surface area contributed by atoms with Crippen LogP contribution in [-0.4, -0.2) is 79.7 Å². The van der Waals surface area contributed by atoms with Crippen molar-refractivity contribution in [1.29, 1.82) is 0 Å². The Morgan fingerprint density at radius 1 is 1.50 bits per heavy atom. The molecule has 2 atom stereocenters. The van der Waals surface area contributed by atoms with Crippen molar-refractivity contribution in [2.75, 3.05) is 51.9 Å². The molecule has 5 nitrogen and oxygen atoms in total. The van der Waals surface area contributed by atoms with Crippen LogP contribution in [0.4, 0.5) is 0 Å². The van der Waals surface area contributed by atoms with Crippen molar-refractivity contribution in [2.45, 2.75) is 25.4 Å². The number of nitrogens with two attached hydrogens (primary N) is 1. The highest BCUT2D eigenvalue weighted by molar-refractivity contribution is 7.98. The largest absolute Gasteiger partial charge is 0.383 e. The lowest BCUT2D eigenvalue weighted by molar-refractivity contribution is -0.135. The van der Waals surface area contributed by atoms with E-state index in [0.717, 1.165) is 45.0 Å². The lowest BCUT2D eigenvalue weighted by Gasteiger charge is -2.40. The van der Waals surface area contributed by atoms with Crippen LogP contribution in [0, 0.1) is 0 Å². The molecule has 1 fully saturated rings. The number of hydrogen-bond acceptors (Lipinski definition) is 5. The summed E-state index contributed by atoms with van der Waals surface area (Å²) in [6, 6.07) is 0.0331. The van der Waals surface area contributed by atoms with Gasteiger partial charge in [0.05, 0.1) is 12.6 Å². The third kappa shape index (κ3) is 6.18. The Morgan fingerprint density at radius 2 is 2.20 bits per heavy atom. The maximum Gasteiger partial charge on any atom is 0.239 e. The van der Waals surface area contributed by atoms with Crippen molar-refractivity contribution in [3.63, 3.8) is 0 Å². The number of methoxy groups -OCH3 is 1. The van der Waals surface area contributed by atoms with E-state index in [1.807, 2.05) is 11.2 Å². The normalized spacial score (nSPS) is 21.4. The van der Waals surface area contributed by atoms with Crippen LogP contribution in [0.25, 0.3) is 0 Å². The van der Waals surface area contributed by atoms with Crippen molar-refractivity contribution in [3.8, 4) is 0 Å². The number of rotatable bonds is 7. The summed E-state index contributed by atoms with van der Waals surface area (Å²) in [5, 5.41) is 0. The molecule has 2 N–H and O–H groups in total. The first-order chi connectivity index (χ1) is 9.10. The average Bonchev–Trinajstić information content (AvgIpc) is 2.42. The predicted molar refractivity (Wildman–Crippen MR) is 87.7 cm³/mol. The van der Waals surface area contributed by atoms with Crippen LogP contribution in [-0.2, 0) is 9.53 Å². The monoisotopic (exact) mass is 325 g/mol. The summed E-state index contributed by atoms with van der Waals surface area (Å²) in [6.45, 7) is 6.28. The van der Waals surface area contributed by atoms with Gasteiger partial charge in [-0.1, -0.05) is 0 Å². The molecule has 7 heteroatoms. The molecular weight excluding hydrogens is 298 g/mol. The van der Waals surface area contributed by atoms with Gasteiger partial charge >= 0.3 is 0 Å². The average molecular weight is 326 g/mol. The highest BCUT2D eigenvalue weighted by Crippen LogP contribution is 2.11. The standard InChI is InChI=1S/C13H27N3O2S.ClH/c1-11-10-16(6-5-15(11)7-8-18-2)13(17)12(14)4-9-19-3;/h11-12H,4-10,14H2,1-3H3;1H/t11?,12-;/m0./s1. The van der Waals surface area contributed by atoms with Crippen molar-refractivity contribution in [2.24, 2.45) is 5.73 Å². The van der Waals surface area contributed by atoms with Crippen molar-refractivity contribution < 1.29 is 9.53 Å². The molecule has 20 heavy (non-hydrogen) atoms. The van der Waals surface area contributed by atoms with Gasteiger partial charge in [0.15, 0.2) is 0 Å². The highest BCUT2D eigenvalue weighted by Gasteiger charge is 2.28. The molecule has 1 amide bonds. The van der Waals surface area contributed by atoms with Crippen molar-refractivity contribution in [1.82, 2.24) is 9.80 Å². The zero-order valence-corrected chi connectivity index (χ0v) is 14.3. The van der Waals surface area contributed by atoms with Gasteiger partial charge in [-0.05, 0) is 25.4 Å². The number of halogens is 1. The van der Waals surface area contributed by atoms with E-state index < -0.39 is 0 Å². The van der Waals surface area contributed by atoms with E-state index in [-0.39, 0.29) is 24.4 Å². The Labute approximate surface area is 133 Å². The summed E-state index contributed by atoms with van der Waals surface area (Å²) < 4.78 is 5.11. The number of thioether (sulfide) groups is 1. The molecule has 0 aromatic rings. The fraction of sp³-hybridized carbons (Fsp3) is 0.923. The Bertz CT molecular complexity index is 284. The Morgan fingerprint density at radius 3 is 2.75 bits per heavy atom. The minimum Gasteiger partial charge on any atom is -0.383 e. The smallest absolute Gasteiger partial charge is 0.239 e. The molecule has 0 aromatic heterocycles. The van der Waals surface area contributed by atoms with Gasteiger partial charge in [0.2, 0.25) is 5.91 Å². The number of ether oxygens (including phenoxy) is 1. The maximum atomic E-state index is 12.2. The Hall–Kier alpha value is -0.0100. The topological polar surface area (TPSA) is 58.8 Å². The molecule has 1 heterocycles. The van der Waals surface area contributed by atoms with Crippen LogP contribution < -0.4 is 5.73 Å². The maximum absolute atomic E-state index is 12.2. The molecule has 0 aromatic carbocycles. The van der Waals surface area contributed by atoms with E-state index in [9.17, 15) is 4.79 Å². The van der Waals surface area contributed by atoms with Gasteiger partial charge in [-0.3, -0.25) is 9.69 Å². The van der Waals surface area contributed by atoms with Gasteiger partial charge in [0, 0.05) is 39.3 Å². The number of nitrogens with zero attached hydrogens (tertiary/aromatic N) is 2. The van der Waals surface area contributed by atoms with Crippen LogP contribution >= 0.6 is 24.2 Å². The van der Waals surface area contributed by atoms with E-state index >= 15 is 0 Å². The molecule has 120 valence electrons. The molecule has 0 bridgehead atoms. The third-order valence-electron chi connectivity index (χ3n) is 3.61. The SMILES string of the molecule is COCCN1CCN(C(=O)[C@@H](N)CCSC)CC1C.Cl. The number of amides is 1. The van der Waals surface area contributed by atoms with E-state index in [4.69, 9.17) is 10.5 Å². The van der Waals surface area contributed by atoms with Crippen molar-refractivity contribution >= 4 is 30.1 Å². The molecular formula is C13H28ClN3O2S. The minimum absolute atomic E-state index is 0. The number of hydrogen-bond donors (Lipinski definition) is 1. The first-order valence-corrected chi connectivity index (χ1v) is 8.25. The fourth-order valence-corrected chi connectivity index (χ4v) is 2.83. The van der Waals surface area contributed by atoms with Crippen LogP contribution in [0.5, 0.6) is 0 Å². The lowest BCUT2D eigenvalue weighted by Crippen LogP contribution is -2.57. The Kier molecular flexibility index (Phi) is 10.7. The number of carbonyl (C=O) groups is 1. The third-order valence-corrected chi connectivity index (χ3v) is 4.25. The number of piperazine rings is 1. The zero-order chi connectivity index (χ0) is 14.3. The summed E-state index contributed by atoms with van der Waals surface area (Å²) >= 11 is 1.73. The second-order valence-corrected chi connectivity index (χ2v) is 6.04. The highest BCUT2D eigenvalue weighted by atomic mass is 35.5. The van der Waals surface area contributed by atoms with Gasteiger partial charge in [-0.25, -0.2) is 0 Å². The Balaban J connectivity index is 0.00000361. The second-order valence-electron chi connectivity index (χ2n) is 5.05. The van der Waals surface area contributed by atoms with Gasteiger partial charge in [-0.15, -0.1) is 12.4 Å². The first-order valence-electron chi connectivity index (χ1n) is 6.86. The van der Waals surface area contributed by atoms with Crippen LogP contribution in [0.3, 0.4) is 0 Å². The van der Waals surface area contributed by atoms with Gasteiger partial charge < -0.3 is 15.4 Å². The molecule has 0 radical (unpaired) electrons. The van der Waals surface area contributed by atoms with E-state index in [2.05, 4.69) is 11.8 Å². The predicted octanol–water partition coefficient (Wildman–Crippen LogP) is 0.668. The summed E-state index contributed by atoms with van der Waals surface area (Å²) in [7, 11) is 1.72. The van der Waals surface area contributed by atoms with Crippen LogP contribution in [0.1, 0.15) is 13.3 Å². The van der Waals surface area contributed by atoms with Crippen molar-refractivity contribution in [3.05, 3.63) is 0 Å².